The lowest BCUT2D eigenvalue weighted by Gasteiger charge is -2.19. The molecular formula is C16H16Cl2O6S2. The molecule has 2 N–H and O–H groups in total. The molecule has 0 amide bonds. The Bertz CT molecular complexity index is 1040. The minimum absolute atomic E-state index is 0.0655. The molecule has 0 fully saturated rings. The molecule has 142 valence electrons. The number of halogens is 2. The predicted molar refractivity (Wildman–Crippen MR) is 100 cm³/mol. The van der Waals surface area contributed by atoms with Crippen molar-refractivity contribution in [3.63, 3.8) is 0 Å². The Kier molecular flexibility index (Phi) is 5.51. The maximum atomic E-state index is 12.0. The van der Waals surface area contributed by atoms with Gasteiger partial charge in [0.15, 0.2) is 0 Å². The Morgan fingerprint density at radius 3 is 1.19 bits per heavy atom. The summed E-state index contributed by atoms with van der Waals surface area (Å²) >= 11 is 12.2. The minimum atomic E-state index is -4.74. The molecule has 0 aromatic heterocycles. The molecule has 0 atom stereocenters. The van der Waals surface area contributed by atoms with Gasteiger partial charge in [0.25, 0.3) is 20.2 Å². The zero-order chi connectivity index (χ0) is 20.2. The highest BCUT2D eigenvalue weighted by Crippen LogP contribution is 2.42. The van der Waals surface area contributed by atoms with Crippen molar-refractivity contribution < 1.29 is 25.9 Å². The third kappa shape index (κ3) is 3.62. The zero-order valence-corrected chi connectivity index (χ0v) is 17.4. The van der Waals surface area contributed by atoms with Gasteiger partial charge >= 0.3 is 0 Å². The summed E-state index contributed by atoms with van der Waals surface area (Å²) in [6.07, 6.45) is 0. The van der Waals surface area contributed by atoms with Crippen LogP contribution in [0.2, 0.25) is 10.0 Å². The Balaban J connectivity index is 3.18. The highest BCUT2D eigenvalue weighted by molar-refractivity contribution is 7.86. The fourth-order valence-electron chi connectivity index (χ4n) is 2.95. The Hall–Kier alpha value is -1.16. The van der Waals surface area contributed by atoms with Crippen LogP contribution in [0, 0.1) is 27.7 Å². The van der Waals surface area contributed by atoms with Gasteiger partial charge in [-0.05, 0) is 62.1 Å². The van der Waals surface area contributed by atoms with Gasteiger partial charge in [0.1, 0.15) is 9.79 Å². The van der Waals surface area contributed by atoms with Crippen LogP contribution in [-0.2, 0) is 20.2 Å². The summed E-state index contributed by atoms with van der Waals surface area (Å²) in [4.78, 5) is -1.06. The summed E-state index contributed by atoms with van der Waals surface area (Å²) in [5.41, 5.74) is 0.882. The number of hydrogen-bond donors (Lipinski definition) is 2. The molecule has 0 bridgehead atoms. The molecule has 0 heterocycles. The fourth-order valence-corrected chi connectivity index (χ4v) is 5.23. The van der Waals surface area contributed by atoms with Crippen LogP contribution in [0.25, 0.3) is 11.1 Å². The topological polar surface area (TPSA) is 109 Å². The number of benzene rings is 2. The molecule has 26 heavy (non-hydrogen) atoms. The second-order valence-electron chi connectivity index (χ2n) is 5.97. The van der Waals surface area contributed by atoms with Crippen LogP contribution in [0.5, 0.6) is 0 Å². The zero-order valence-electron chi connectivity index (χ0n) is 14.3. The van der Waals surface area contributed by atoms with Crippen LogP contribution >= 0.6 is 23.2 Å². The Labute approximate surface area is 162 Å². The van der Waals surface area contributed by atoms with E-state index in [1.807, 2.05) is 0 Å². The van der Waals surface area contributed by atoms with Gasteiger partial charge in [-0.15, -0.1) is 0 Å². The van der Waals surface area contributed by atoms with E-state index in [-0.39, 0.29) is 32.3 Å². The number of rotatable bonds is 3. The first-order valence-electron chi connectivity index (χ1n) is 7.22. The van der Waals surface area contributed by atoms with E-state index in [2.05, 4.69) is 0 Å². The van der Waals surface area contributed by atoms with Gasteiger partial charge < -0.3 is 0 Å². The van der Waals surface area contributed by atoms with Crippen LogP contribution in [0.3, 0.4) is 0 Å². The van der Waals surface area contributed by atoms with Crippen molar-refractivity contribution in [2.24, 2.45) is 0 Å². The van der Waals surface area contributed by atoms with Crippen molar-refractivity contribution in [1.82, 2.24) is 0 Å². The molecule has 0 aliphatic carbocycles. The van der Waals surface area contributed by atoms with Gasteiger partial charge in [-0.2, -0.15) is 16.8 Å². The smallest absolute Gasteiger partial charge is 0.282 e. The van der Waals surface area contributed by atoms with E-state index >= 15 is 0 Å². The average Bonchev–Trinajstić information content (AvgIpc) is 2.46. The van der Waals surface area contributed by atoms with Crippen molar-refractivity contribution in [1.29, 1.82) is 0 Å². The molecule has 0 aliphatic heterocycles. The first-order valence-corrected chi connectivity index (χ1v) is 10.9. The second-order valence-corrected chi connectivity index (χ2v) is 9.44. The summed E-state index contributed by atoms with van der Waals surface area (Å²) in [7, 11) is -9.49. The Morgan fingerprint density at radius 1 is 0.692 bits per heavy atom. The van der Waals surface area contributed by atoms with E-state index in [0.717, 1.165) is 0 Å². The van der Waals surface area contributed by atoms with Crippen molar-refractivity contribution in [3.8, 4) is 11.1 Å². The van der Waals surface area contributed by atoms with E-state index in [4.69, 9.17) is 23.2 Å². The lowest BCUT2D eigenvalue weighted by molar-refractivity contribution is 0.479. The third-order valence-electron chi connectivity index (χ3n) is 4.05. The molecule has 2 aromatic carbocycles. The molecule has 0 saturated carbocycles. The molecule has 2 rings (SSSR count). The quantitative estimate of drug-likeness (QED) is 0.687. The lowest BCUT2D eigenvalue weighted by atomic mass is 9.97. The van der Waals surface area contributed by atoms with Crippen LogP contribution in [-0.4, -0.2) is 25.9 Å². The summed E-state index contributed by atoms with van der Waals surface area (Å²) in [6.45, 7) is 6.00. The number of aryl methyl sites for hydroxylation is 2. The van der Waals surface area contributed by atoms with E-state index in [9.17, 15) is 25.9 Å². The summed E-state index contributed by atoms with van der Waals surface area (Å²) in [6, 6.07) is 2.68. The van der Waals surface area contributed by atoms with Crippen molar-refractivity contribution in [3.05, 3.63) is 44.4 Å². The molecule has 0 saturated heterocycles. The molecular weight excluding hydrogens is 423 g/mol. The van der Waals surface area contributed by atoms with Gasteiger partial charge in [0, 0.05) is 21.2 Å². The van der Waals surface area contributed by atoms with Crippen LogP contribution in [0.4, 0.5) is 0 Å². The molecule has 10 heteroatoms. The summed E-state index contributed by atoms with van der Waals surface area (Å²) in [5.74, 6) is 0. The van der Waals surface area contributed by atoms with E-state index in [1.165, 1.54) is 26.0 Å². The third-order valence-corrected chi connectivity index (χ3v) is 7.30. The first kappa shape index (κ1) is 21.1. The molecule has 0 spiro atoms. The van der Waals surface area contributed by atoms with Crippen molar-refractivity contribution in [2.75, 3.05) is 0 Å². The average molecular weight is 439 g/mol. The highest BCUT2D eigenvalue weighted by atomic mass is 35.5. The maximum absolute atomic E-state index is 12.0. The minimum Gasteiger partial charge on any atom is -0.282 e. The summed E-state index contributed by atoms with van der Waals surface area (Å²) < 4.78 is 67.3. The van der Waals surface area contributed by atoms with E-state index in [1.54, 1.807) is 13.8 Å². The van der Waals surface area contributed by atoms with Crippen LogP contribution in [0.1, 0.15) is 22.3 Å². The van der Waals surface area contributed by atoms with Gasteiger partial charge in [-0.3, -0.25) is 9.11 Å². The van der Waals surface area contributed by atoms with E-state index in [0.29, 0.717) is 11.1 Å². The molecule has 6 nitrogen and oxygen atoms in total. The fraction of sp³-hybridized carbons (Fsp3) is 0.250. The maximum Gasteiger partial charge on any atom is 0.295 e. The van der Waals surface area contributed by atoms with Gasteiger partial charge in [0.05, 0.1) is 0 Å². The SMILES string of the molecule is Cc1cc(-c2cc(C)c(Cl)c(C)c2S(=O)(=O)O)c(S(=O)(=O)O)c(C)c1Cl. The molecule has 0 aliphatic rings. The standard InChI is InChI=1S/C16H16Cl2O6S2/c1-7-5-11(15(25(19,20)21)9(3)13(7)17)12-6-8(2)14(18)10(4)16(12)26(22,23)24/h5-6H,1-4H3,(H,19,20,21)(H,22,23,24). The molecule has 2 aromatic rings. The second kappa shape index (κ2) is 6.78. The van der Waals surface area contributed by atoms with Gasteiger partial charge in [0.2, 0.25) is 0 Å². The molecule has 0 unspecified atom stereocenters. The van der Waals surface area contributed by atoms with Crippen molar-refractivity contribution >= 4 is 43.4 Å². The van der Waals surface area contributed by atoms with Crippen LogP contribution in [0.15, 0.2) is 21.9 Å². The van der Waals surface area contributed by atoms with E-state index < -0.39 is 30.0 Å². The van der Waals surface area contributed by atoms with Crippen molar-refractivity contribution in [2.45, 2.75) is 37.5 Å². The highest BCUT2D eigenvalue weighted by Gasteiger charge is 2.29. The first-order chi connectivity index (χ1) is 11.7. The number of hydrogen-bond acceptors (Lipinski definition) is 4. The largest absolute Gasteiger partial charge is 0.295 e. The van der Waals surface area contributed by atoms with Crippen LogP contribution < -0.4 is 0 Å². The van der Waals surface area contributed by atoms with Gasteiger partial charge in [-0.25, -0.2) is 0 Å². The molecule has 0 radical (unpaired) electrons. The normalized spacial score (nSPS) is 12.5. The lowest BCUT2D eigenvalue weighted by Crippen LogP contribution is -2.10. The van der Waals surface area contributed by atoms with Gasteiger partial charge in [-0.1, -0.05) is 23.2 Å². The summed E-state index contributed by atoms with van der Waals surface area (Å²) in [5, 5.41) is 0.245. The predicted octanol–water partition coefficient (Wildman–Crippen LogP) is 4.39. The monoisotopic (exact) mass is 438 g/mol. The Morgan fingerprint density at radius 2 is 0.962 bits per heavy atom.